The van der Waals surface area contributed by atoms with Crippen molar-refractivity contribution < 1.29 is 18.0 Å². The number of carbonyl (C=O) groups is 2. The molecule has 3 aromatic carbocycles. The van der Waals surface area contributed by atoms with Crippen LogP contribution in [0.2, 0.25) is 10.0 Å². The molecule has 0 spiro atoms. The number of amides is 2. The summed E-state index contributed by atoms with van der Waals surface area (Å²) in [4.78, 5) is 29.2. The second-order valence-corrected chi connectivity index (χ2v) is 13.3. The van der Waals surface area contributed by atoms with E-state index in [-0.39, 0.29) is 43.8 Å². The highest BCUT2D eigenvalue weighted by molar-refractivity contribution is 7.92. The fourth-order valence-electron chi connectivity index (χ4n) is 4.62. The molecule has 10 heteroatoms. The Labute approximate surface area is 259 Å². The van der Waals surface area contributed by atoms with Crippen LogP contribution in [0.5, 0.6) is 0 Å². The van der Waals surface area contributed by atoms with Gasteiger partial charge in [-0.2, -0.15) is 0 Å². The molecular formula is C32H39Cl2N3O4S. The van der Waals surface area contributed by atoms with Crippen LogP contribution in [0.4, 0.5) is 5.69 Å². The normalized spacial score (nSPS) is 12.8. The van der Waals surface area contributed by atoms with Crippen molar-refractivity contribution >= 4 is 50.7 Å². The molecule has 0 aliphatic heterocycles. The smallest absolute Gasteiger partial charge is 0.243 e. The first-order valence-electron chi connectivity index (χ1n) is 14.0. The lowest BCUT2D eigenvalue weighted by atomic mass is 10.0. The molecule has 0 aliphatic carbocycles. The van der Waals surface area contributed by atoms with Gasteiger partial charge in [0.15, 0.2) is 0 Å². The van der Waals surface area contributed by atoms with Gasteiger partial charge in [0.25, 0.3) is 0 Å². The number of carbonyl (C=O) groups excluding carboxylic acids is 2. The molecule has 3 rings (SSSR count). The highest BCUT2D eigenvalue weighted by atomic mass is 35.5. The summed E-state index contributed by atoms with van der Waals surface area (Å²) in [6, 6.07) is 20.9. The Bertz CT molecular complexity index is 1470. The fraction of sp³-hybridized carbons (Fsp3) is 0.375. The van der Waals surface area contributed by atoms with E-state index in [0.29, 0.717) is 27.7 Å². The summed E-state index contributed by atoms with van der Waals surface area (Å²) >= 11 is 12.6. The van der Waals surface area contributed by atoms with E-state index in [2.05, 4.69) is 5.32 Å². The average molecular weight is 633 g/mol. The molecule has 226 valence electrons. The molecule has 0 aromatic heterocycles. The topological polar surface area (TPSA) is 86.8 Å². The standard InChI is InChI=1S/C32H39Cl2N3O4S/c1-5-24(3)35-32(39)30(20-25-12-7-6-8-13-25)36(22-26-16-17-27(33)21-29(26)34)31(38)15-10-18-37(42(4,40)41)28-14-9-11-23(2)19-28/h6-9,11-14,16-17,19,21,24,30H,5,10,15,18,20,22H2,1-4H3,(H,35,39). The number of nitrogens with zero attached hydrogens (tertiary/aromatic N) is 2. The van der Waals surface area contributed by atoms with E-state index in [1.165, 1.54) is 4.31 Å². The minimum atomic E-state index is -3.58. The van der Waals surface area contributed by atoms with Gasteiger partial charge in [-0.3, -0.25) is 13.9 Å². The molecule has 0 bridgehead atoms. The molecule has 0 fully saturated rings. The van der Waals surface area contributed by atoms with E-state index in [9.17, 15) is 18.0 Å². The summed E-state index contributed by atoms with van der Waals surface area (Å²) in [7, 11) is -3.58. The van der Waals surface area contributed by atoms with E-state index in [0.717, 1.165) is 23.8 Å². The maximum atomic E-state index is 13.9. The number of aryl methyl sites for hydroxylation is 1. The second-order valence-electron chi connectivity index (χ2n) is 10.6. The Balaban J connectivity index is 1.92. The third kappa shape index (κ3) is 9.75. The van der Waals surface area contributed by atoms with Crippen molar-refractivity contribution in [3.05, 3.63) is 99.5 Å². The summed E-state index contributed by atoms with van der Waals surface area (Å²) in [6.07, 6.45) is 2.49. The number of benzene rings is 3. The van der Waals surface area contributed by atoms with Gasteiger partial charge in [0, 0.05) is 42.0 Å². The molecule has 0 saturated heterocycles. The lowest BCUT2D eigenvalue weighted by molar-refractivity contribution is -0.141. The van der Waals surface area contributed by atoms with Gasteiger partial charge in [0.05, 0.1) is 11.9 Å². The van der Waals surface area contributed by atoms with Crippen molar-refractivity contribution in [1.29, 1.82) is 0 Å². The van der Waals surface area contributed by atoms with Gasteiger partial charge in [-0.1, -0.05) is 78.7 Å². The molecule has 1 N–H and O–H groups in total. The quantitative estimate of drug-likeness (QED) is 0.223. The Morgan fingerprint density at radius 2 is 1.69 bits per heavy atom. The summed E-state index contributed by atoms with van der Waals surface area (Å²) in [5.74, 6) is -0.539. The van der Waals surface area contributed by atoms with Gasteiger partial charge >= 0.3 is 0 Å². The number of hydrogen-bond acceptors (Lipinski definition) is 4. The number of hydrogen-bond donors (Lipinski definition) is 1. The van der Waals surface area contributed by atoms with Crippen LogP contribution >= 0.6 is 23.2 Å². The molecule has 42 heavy (non-hydrogen) atoms. The minimum Gasteiger partial charge on any atom is -0.352 e. The molecule has 0 radical (unpaired) electrons. The lowest BCUT2D eigenvalue weighted by Crippen LogP contribution is -2.52. The Morgan fingerprint density at radius 1 is 0.976 bits per heavy atom. The predicted octanol–water partition coefficient (Wildman–Crippen LogP) is 6.40. The maximum Gasteiger partial charge on any atom is 0.243 e. The van der Waals surface area contributed by atoms with Gasteiger partial charge in [-0.25, -0.2) is 8.42 Å². The molecular weight excluding hydrogens is 593 g/mol. The molecule has 0 saturated carbocycles. The summed E-state index contributed by atoms with van der Waals surface area (Å²) in [5.41, 5.74) is 3.04. The van der Waals surface area contributed by atoms with Gasteiger partial charge in [0.2, 0.25) is 21.8 Å². The van der Waals surface area contributed by atoms with Gasteiger partial charge in [-0.15, -0.1) is 0 Å². The zero-order valence-electron chi connectivity index (χ0n) is 24.5. The van der Waals surface area contributed by atoms with E-state index >= 15 is 0 Å². The van der Waals surface area contributed by atoms with E-state index in [4.69, 9.17) is 23.2 Å². The SMILES string of the molecule is CCC(C)NC(=O)C(Cc1ccccc1)N(Cc1ccc(Cl)cc1Cl)C(=O)CCCN(c1cccc(C)c1)S(C)(=O)=O. The lowest BCUT2D eigenvalue weighted by Gasteiger charge is -2.33. The van der Waals surface area contributed by atoms with Crippen LogP contribution in [0, 0.1) is 6.92 Å². The van der Waals surface area contributed by atoms with Crippen LogP contribution in [0.1, 0.15) is 49.8 Å². The van der Waals surface area contributed by atoms with Crippen LogP contribution in [0.3, 0.4) is 0 Å². The van der Waals surface area contributed by atoms with Crippen LogP contribution in [-0.4, -0.2) is 50.0 Å². The second kappa shape index (κ2) is 15.4. The van der Waals surface area contributed by atoms with E-state index in [1.807, 2.05) is 57.2 Å². The molecule has 0 heterocycles. The van der Waals surface area contributed by atoms with Gasteiger partial charge in [-0.05, 0) is 67.6 Å². The van der Waals surface area contributed by atoms with Crippen LogP contribution in [0.15, 0.2) is 72.8 Å². The van der Waals surface area contributed by atoms with E-state index < -0.39 is 16.1 Å². The number of sulfonamides is 1. The number of halogens is 2. The average Bonchev–Trinajstić information content (AvgIpc) is 2.93. The largest absolute Gasteiger partial charge is 0.352 e. The first-order valence-corrected chi connectivity index (χ1v) is 16.6. The van der Waals surface area contributed by atoms with Crippen molar-refractivity contribution in [2.24, 2.45) is 0 Å². The van der Waals surface area contributed by atoms with Crippen molar-refractivity contribution in [1.82, 2.24) is 10.2 Å². The first-order chi connectivity index (χ1) is 19.9. The summed E-state index contributed by atoms with van der Waals surface area (Å²) < 4.78 is 26.6. The third-order valence-electron chi connectivity index (χ3n) is 7.07. The monoisotopic (exact) mass is 631 g/mol. The first kappa shape index (κ1) is 33.4. The maximum absolute atomic E-state index is 13.9. The molecule has 0 aliphatic rings. The Morgan fingerprint density at radius 3 is 2.31 bits per heavy atom. The molecule has 2 atom stereocenters. The number of rotatable bonds is 14. The number of nitrogens with one attached hydrogen (secondary N) is 1. The molecule has 3 aromatic rings. The number of anilines is 1. The Kier molecular flexibility index (Phi) is 12.3. The fourth-order valence-corrected chi connectivity index (χ4v) is 6.04. The molecule has 2 unspecified atom stereocenters. The zero-order valence-corrected chi connectivity index (χ0v) is 26.8. The Hall–Kier alpha value is -3.07. The predicted molar refractivity (Wildman–Crippen MR) is 171 cm³/mol. The van der Waals surface area contributed by atoms with Crippen LogP contribution < -0.4 is 9.62 Å². The highest BCUT2D eigenvalue weighted by Gasteiger charge is 2.31. The van der Waals surface area contributed by atoms with Crippen LogP contribution in [-0.2, 0) is 32.6 Å². The molecule has 2 amide bonds. The van der Waals surface area contributed by atoms with Gasteiger partial charge < -0.3 is 10.2 Å². The van der Waals surface area contributed by atoms with Crippen molar-refractivity contribution in [2.45, 2.75) is 65.1 Å². The third-order valence-corrected chi connectivity index (χ3v) is 8.85. The van der Waals surface area contributed by atoms with Crippen molar-refractivity contribution in [3.63, 3.8) is 0 Å². The minimum absolute atomic E-state index is 0.0327. The summed E-state index contributed by atoms with van der Waals surface area (Å²) in [5, 5.41) is 3.90. The van der Waals surface area contributed by atoms with Crippen molar-refractivity contribution in [2.75, 3.05) is 17.1 Å². The van der Waals surface area contributed by atoms with Crippen molar-refractivity contribution in [3.8, 4) is 0 Å². The van der Waals surface area contributed by atoms with Gasteiger partial charge in [0.1, 0.15) is 6.04 Å². The highest BCUT2D eigenvalue weighted by Crippen LogP contribution is 2.25. The van der Waals surface area contributed by atoms with Crippen LogP contribution in [0.25, 0.3) is 0 Å². The van der Waals surface area contributed by atoms with E-state index in [1.54, 1.807) is 41.3 Å². The molecule has 7 nitrogen and oxygen atoms in total. The zero-order chi connectivity index (χ0) is 30.9. The summed E-state index contributed by atoms with van der Waals surface area (Å²) in [6.45, 7) is 6.00.